The van der Waals surface area contributed by atoms with Crippen LogP contribution >= 0.6 is 0 Å². The van der Waals surface area contributed by atoms with E-state index in [1.54, 1.807) is 0 Å². The van der Waals surface area contributed by atoms with Gasteiger partial charge in [-0.1, -0.05) is 97.8 Å². The minimum absolute atomic E-state index is 0.107. The Morgan fingerprint density at radius 2 is 1.48 bits per heavy atom. The molecule has 0 radical (unpaired) electrons. The second-order valence-corrected chi connectivity index (χ2v) is 19.1. The predicted octanol–water partition coefficient (Wildman–Crippen LogP) is 11.7. The zero-order valence-electron chi connectivity index (χ0n) is 40.5. The summed E-state index contributed by atoms with van der Waals surface area (Å²) in [4.78, 5) is 46.0. The largest absolute Gasteiger partial charge is 0.510 e. The van der Waals surface area contributed by atoms with Crippen LogP contribution in [-0.2, 0) is 19.1 Å². The van der Waals surface area contributed by atoms with Crippen LogP contribution in [0.3, 0.4) is 0 Å². The molecule has 4 aliphatic heterocycles. The highest BCUT2D eigenvalue weighted by Crippen LogP contribution is 2.48. The van der Waals surface area contributed by atoms with Crippen LogP contribution in [0.1, 0.15) is 150 Å². The van der Waals surface area contributed by atoms with E-state index in [0.717, 1.165) is 92.2 Å². The minimum Gasteiger partial charge on any atom is -0.510 e. The first-order valence-corrected chi connectivity index (χ1v) is 23.8. The molecule has 8 bridgehead atoms. The van der Waals surface area contributed by atoms with Gasteiger partial charge in [0.05, 0.1) is 41.3 Å². The number of aliphatic imine (C=N–C) groups is 3. The second-order valence-electron chi connectivity index (χ2n) is 19.1. The van der Waals surface area contributed by atoms with Gasteiger partial charge in [-0.05, 0) is 136 Å². The third-order valence-corrected chi connectivity index (χ3v) is 13.9. The molecular formula is C55H72N4O5. The molecule has 3 atom stereocenters. The summed E-state index contributed by atoms with van der Waals surface area (Å²) in [6, 6.07) is 0. The highest BCUT2D eigenvalue weighted by Gasteiger charge is 2.47. The lowest BCUT2D eigenvalue weighted by atomic mass is 9.91. The number of aliphatic hydroxyl groups excluding tert-OH is 1. The average Bonchev–Trinajstić information content (AvgIpc) is 3.99. The van der Waals surface area contributed by atoms with E-state index >= 15 is 0 Å². The lowest BCUT2D eigenvalue weighted by Crippen LogP contribution is -2.21. The van der Waals surface area contributed by atoms with E-state index in [1.807, 2.05) is 38.2 Å². The Morgan fingerprint density at radius 1 is 0.844 bits per heavy atom. The SMILES string of the molecule is C=Cc1c(C)c2[nH]c1=CC1=NC(=CC3=C(C)C4=C(O)[C@H](C(=O)OC)C(=C5N=C(C=2)C(C)=C5CCC(=O)OC/C=C(\C)CCC[C@H](C)CCC[C@H](C)CCCC(C)C)C4=N3)C(CC)=C1C. The number of nitrogens with zero attached hydrogens (tertiary/aromatic N) is 3. The van der Waals surface area contributed by atoms with E-state index in [0.29, 0.717) is 46.3 Å². The number of esters is 2. The molecule has 64 heavy (non-hydrogen) atoms. The lowest BCUT2D eigenvalue weighted by molar-refractivity contribution is -0.144. The van der Waals surface area contributed by atoms with Gasteiger partial charge in [-0.3, -0.25) is 9.59 Å². The molecule has 6 rings (SSSR count). The molecule has 9 heteroatoms. The van der Waals surface area contributed by atoms with Crippen LogP contribution in [0.4, 0.5) is 0 Å². The molecule has 5 heterocycles. The molecule has 9 nitrogen and oxygen atoms in total. The van der Waals surface area contributed by atoms with Crippen molar-refractivity contribution >= 4 is 47.3 Å². The van der Waals surface area contributed by atoms with Gasteiger partial charge in [-0.2, -0.15) is 0 Å². The molecule has 0 unspecified atom stereocenters. The van der Waals surface area contributed by atoms with Gasteiger partial charge in [0, 0.05) is 33.8 Å². The summed E-state index contributed by atoms with van der Waals surface area (Å²) in [5.41, 5.74) is 12.7. The third kappa shape index (κ3) is 10.5. The summed E-state index contributed by atoms with van der Waals surface area (Å²) in [7, 11) is 1.32. The van der Waals surface area contributed by atoms with Crippen molar-refractivity contribution in [2.45, 2.75) is 146 Å². The van der Waals surface area contributed by atoms with E-state index in [4.69, 9.17) is 24.5 Å². The summed E-state index contributed by atoms with van der Waals surface area (Å²) in [6.45, 7) is 26.0. The zero-order valence-corrected chi connectivity index (χ0v) is 40.5. The third-order valence-electron chi connectivity index (χ3n) is 13.9. The van der Waals surface area contributed by atoms with Crippen molar-refractivity contribution in [1.29, 1.82) is 0 Å². The van der Waals surface area contributed by atoms with Crippen LogP contribution in [0.5, 0.6) is 0 Å². The number of ether oxygens (including phenoxy) is 2. The Kier molecular flexibility index (Phi) is 15.9. The fraction of sp³-hybridized carbons (Fsp3) is 0.509. The maximum atomic E-state index is 13.6. The molecule has 0 saturated carbocycles. The summed E-state index contributed by atoms with van der Waals surface area (Å²) < 4.78 is 11.1. The molecular weight excluding hydrogens is 797 g/mol. The minimum atomic E-state index is -1.14. The van der Waals surface area contributed by atoms with Gasteiger partial charge >= 0.3 is 11.9 Å². The van der Waals surface area contributed by atoms with Gasteiger partial charge in [-0.15, -0.1) is 0 Å². The molecule has 0 fully saturated rings. The smallest absolute Gasteiger partial charge is 0.321 e. The number of nitrogens with one attached hydrogen (secondary N) is 1. The van der Waals surface area contributed by atoms with Crippen molar-refractivity contribution in [1.82, 2.24) is 4.98 Å². The van der Waals surface area contributed by atoms with Gasteiger partial charge in [0.25, 0.3) is 0 Å². The fourth-order valence-corrected chi connectivity index (χ4v) is 9.80. The number of aromatic amines is 1. The van der Waals surface area contributed by atoms with E-state index in [-0.39, 0.29) is 24.8 Å². The van der Waals surface area contributed by atoms with Gasteiger partial charge in [-0.25, -0.2) is 15.0 Å². The maximum absolute atomic E-state index is 13.6. The number of rotatable bonds is 20. The van der Waals surface area contributed by atoms with Crippen LogP contribution in [0.2, 0.25) is 0 Å². The summed E-state index contributed by atoms with van der Waals surface area (Å²) in [6.07, 6.45) is 22.4. The van der Waals surface area contributed by atoms with Crippen LogP contribution in [-0.4, -0.2) is 52.9 Å². The molecule has 2 N–H and O–H groups in total. The van der Waals surface area contributed by atoms with E-state index in [2.05, 4.69) is 73.0 Å². The van der Waals surface area contributed by atoms with E-state index < -0.39 is 11.9 Å². The number of aliphatic hydroxyl groups is 1. The average molecular weight is 869 g/mol. The molecule has 0 saturated heterocycles. The number of allylic oxidation sites excluding steroid dienone is 8. The van der Waals surface area contributed by atoms with Crippen LogP contribution in [0.25, 0.3) is 18.2 Å². The summed E-state index contributed by atoms with van der Waals surface area (Å²) >= 11 is 0. The molecule has 1 aromatic heterocycles. The Hall–Kier alpha value is -5.31. The predicted molar refractivity (Wildman–Crippen MR) is 263 cm³/mol. The van der Waals surface area contributed by atoms with Crippen molar-refractivity contribution in [2.24, 2.45) is 38.6 Å². The Labute approximate surface area is 381 Å². The highest BCUT2D eigenvalue weighted by molar-refractivity contribution is 6.27. The summed E-state index contributed by atoms with van der Waals surface area (Å²) in [5, 5.41) is 13.6. The molecule has 0 spiro atoms. The fourth-order valence-electron chi connectivity index (χ4n) is 9.80. The highest BCUT2D eigenvalue weighted by atomic mass is 16.5. The number of fused-ring (bicyclic) bond motifs is 5. The summed E-state index contributed by atoms with van der Waals surface area (Å²) in [5.74, 6) is 0.142. The van der Waals surface area contributed by atoms with Crippen molar-refractivity contribution in [3.05, 3.63) is 108 Å². The van der Waals surface area contributed by atoms with Crippen molar-refractivity contribution < 1.29 is 24.2 Å². The number of carbonyl (C=O) groups excluding carboxylic acids is 2. The Balaban J connectivity index is 1.22. The molecule has 0 amide bonds. The number of hydrogen-bond acceptors (Lipinski definition) is 8. The Bertz CT molecular complexity index is 2520. The van der Waals surface area contributed by atoms with E-state index in [1.165, 1.54) is 57.6 Å². The Morgan fingerprint density at radius 3 is 2.14 bits per heavy atom. The van der Waals surface area contributed by atoms with Crippen LogP contribution in [0, 0.1) is 30.6 Å². The monoisotopic (exact) mass is 869 g/mol. The molecule has 0 aromatic carbocycles. The van der Waals surface area contributed by atoms with Gasteiger partial charge < -0.3 is 19.6 Å². The van der Waals surface area contributed by atoms with Gasteiger partial charge in [0.1, 0.15) is 18.3 Å². The van der Waals surface area contributed by atoms with E-state index in [9.17, 15) is 14.7 Å². The number of aromatic nitrogens is 1. The zero-order chi connectivity index (χ0) is 46.4. The first-order chi connectivity index (χ1) is 30.6. The molecule has 5 aliphatic rings. The molecule has 1 aromatic rings. The van der Waals surface area contributed by atoms with Crippen molar-refractivity contribution in [3.8, 4) is 0 Å². The number of methoxy groups -OCH3 is 1. The van der Waals surface area contributed by atoms with Gasteiger partial charge in [0.15, 0.2) is 0 Å². The van der Waals surface area contributed by atoms with Crippen molar-refractivity contribution in [3.63, 3.8) is 0 Å². The van der Waals surface area contributed by atoms with Gasteiger partial charge in [0.2, 0.25) is 0 Å². The molecule has 342 valence electrons. The number of H-pyrrole nitrogens is 1. The van der Waals surface area contributed by atoms with Crippen molar-refractivity contribution in [2.75, 3.05) is 13.7 Å². The quantitative estimate of drug-likeness (QED) is 0.0997. The first kappa shape index (κ1) is 48.2. The lowest BCUT2D eigenvalue weighted by Gasteiger charge is -2.15. The van der Waals surface area contributed by atoms with Crippen LogP contribution in [0.15, 0.2) is 101 Å². The number of carbonyl (C=O) groups is 2. The first-order valence-electron chi connectivity index (χ1n) is 23.8. The normalized spacial score (nSPS) is 19.2. The van der Waals surface area contributed by atoms with Crippen LogP contribution < -0.4 is 10.7 Å². The maximum Gasteiger partial charge on any atom is 0.321 e. The topological polar surface area (TPSA) is 126 Å². The standard InChI is InChI=1S/C55H72N4O5/c1-13-39-35(8)42-28-44-37(10)41(24-25-48(60)64-27-26-34(7)23-17-22-33(6)21-16-20-32(5)19-15-18-31(3)4)52(58-44)50-51(55(62)63-12)54(61)49-38(11)45(59-53(49)50)30-47-40(14-2)36(9)43(57-47)29-46(39)56-42/h13,26,28-33,51,56,61H,1,14-25,27H2,2-12H3/b34-26+,42-28?,46-29?,47-30?,52-50?/t32-,33-,51-/m1/s1. The molecule has 1 aliphatic carbocycles. The second kappa shape index (κ2) is 21.1. The number of hydrogen-bond donors (Lipinski definition) is 2.